The molecule has 2 saturated carbocycles. The van der Waals surface area contributed by atoms with Crippen LogP contribution < -0.4 is 9.64 Å². The second-order valence-corrected chi connectivity index (χ2v) is 11.1. The highest BCUT2D eigenvalue weighted by molar-refractivity contribution is 5.96. The Morgan fingerprint density at radius 3 is 2.33 bits per heavy atom. The van der Waals surface area contributed by atoms with E-state index in [1.54, 1.807) is 15.8 Å². The monoisotopic (exact) mass is 495 g/mol. The van der Waals surface area contributed by atoms with Crippen molar-refractivity contribution in [2.75, 3.05) is 4.90 Å². The SMILES string of the molecule is CC1CCC(C(=O)N(c2nn(-c3ccc(CCC4CCCCC4)cc3)cc2OC(=O)O)C(C)C)CC1. The summed E-state index contributed by atoms with van der Waals surface area (Å²) in [4.78, 5) is 26.6. The Morgan fingerprint density at radius 2 is 1.72 bits per heavy atom. The molecule has 196 valence electrons. The molecule has 0 aliphatic heterocycles. The molecule has 1 amide bonds. The van der Waals surface area contributed by atoms with E-state index in [4.69, 9.17) is 4.74 Å². The Labute approximate surface area is 214 Å². The number of benzene rings is 1. The van der Waals surface area contributed by atoms with Crippen molar-refractivity contribution < 1.29 is 19.4 Å². The van der Waals surface area contributed by atoms with Crippen molar-refractivity contribution in [3.05, 3.63) is 36.0 Å². The van der Waals surface area contributed by atoms with Gasteiger partial charge < -0.3 is 9.84 Å². The normalized spacial score (nSPS) is 20.9. The molecule has 2 aromatic rings. The minimum Gasteiger partial charge on any atom is -0.449 e. The van der Waals surface area contributed by atoms with E-state index < -0.39 is 6.16 Å². The van der Waals surface area contributed by atoms with Gasteiger partial charge in [0.15, 0.2) is 5.75 Å². The molecule has 36 heavy (non-hydrogen) atoms. The van der Waals surface area contributed by atoms with Gasteiger partial charge in [0.2, 0.25) is 11.7 Å². The fourth-order valence-electron chi connectivity index (χ4n) is 5.78. The van der Waals surface area contributed by atoms with Crippen LogP contribution in [0, 0.1) is 17.8 Å². The van der Waals surface area contributed by atoms with Gasteiger partial charge in [-0.05, 0) is 81.9 Å². The molecule has 2 aliphatic rings. The largest absolute Gasteiger partial charge is 0.511 e. The molecule has 0 radical (unpaired) electrons. The van der Waals surface area contributed by atoms with E-state index in [0.717, 1.165) is 43.7 Å². The molecule has 0 saturated heterocycles. The van der Waals surface area contributed by atoms with E-state index in [9.17, 15) is 14.7 Å². The molecule has 2 aliphatic carbocycles. The molecule has 1 heterocycles. The van der Waals surface area contributed by atoms with Crippen LogP contribution in [0.1, 0.15) is 90.5 Å². The number of anilines is 1. The summed E-state index contributed by atoms with van der Waals surface area (Å²) in [6.45, 7) is 6.07. The number of hydrogen-bond acceptors (Lipinski definition) is 4. The predicted octanol–water partition coefficient (Wildman–Crippen LogP) is 7.01. The molecule has 0 spiro atoms. The van der Waals surface area contributed by atoms with Crippen molar-refractivity contribution in [2.24, 2.45) is 17.8 Å². The Bertz CT molecular complexity index is 1020. The van der Waals surface area contributed by atoms with Crippen molar-refractivity contribution in [1.29, 1.82) is 0 Å². The predicted molar refractivity (Wildman–Crippen MR) is 141 cm³/mol. The van der Waals surface area contributed by atoms with Gasteiger partial charge in [-0.25, -0.2) is 9.48 Å². The van der Waals surface area contributed by atoms with E-state index in [1.807, 2.05) is 26.0 Å². The molecule has 0 bridgehead atoms. The smallest absolute Gasteiger partial charge is 0.449 e. The molecule has 0 atom stereocenters. The van der Waals surface area contributed by atoms with Crippen LogP contribution in [0.25, 0.3) is 5.69 Å². The Morgan fingerprint density at radius 1 is 1.06 bits per heavy atom. The van der Waals surface area contributed by atoms with Gasteiger partial charge in [0.25, 0.3) is 0 Å². The van der Waals surface area contributed by atoms with Crippen LogP contribution in [0.5, 0.6) is 5.75 Å². The number of hydrogen-bond donors (Lipinski definition) is 1. The Balaban J connectivity index is 1.54. The highest BCUT2D eigenvalue weighted by atomic mass is 16.7. The second-order valence-electron chi connectivity index (χ2n) is 11.1. The van der Waals surface area contributed by atoms with Gasteiger partial charge >= 0.3 is 6.16 Å². The highest BCUT2D eigenvalue weighted by Crippen LogP contribution is 2.35. The zero-order chi connectivity index (χ0) is 25.7. The third kappa shape index (κ3) is 6.48. The maximum Gasteiger partial charge on any atom is 0.511 e. The number of nitrogens with zero attached hydrogens (tertiary/aromatic N) is 3. The zero-order valence-electron chi connectivity index (χ0n) is 22.0. The highest BCUT2D eigenvalue weighted by Gasteiger charge is 2.34. The number of amides is 1. The van der Waals surface area contributed by atoms with Gasteiger partial charge in [0.1, 0.15) is 0 Å². The van der Waals surface area contributed by atoms with Gasteiger partial charge in [-0.2, -0.15) is 0 Å². The van der Waals surface area contributed by atoms with Crippen LogP contribution in [0.15, 0.2) is 30.5 Å². The third-order valence-corrected chi connectivity index (χ3v) is 7.97. The van der Waals surface area contributed by atoms with Crippen molar-refractivity contribution in [3.8, 4) is 11.4 Å². The first kappa shape index (κ1) is 26.2. The summed E-state index contributed by atoms with van der Waals surface area (Å²) in [5.41, 5.74) is 2.10. The summed E-state index contributed by atoms with van der Waals surface area (Å²) < 4.78 is 6.72. The Hall–Kier alpha value is -2.83. The standard InChI is InChI=1S/C29H41N3O4/c1-20(2)32(28(33)24-15-9-21(3)10-16-24)27-26(36-29(34)35)19-31(30-27)25-17-13-23(14-18-25)12-11-22-7-5-4-6-8-22/h13-14,17-22,24H,4-12,15-16H2,1-3H3,(H,34,35). The minimum absolute atomic E-state index is 0.00421. The molecule has 7 nitrogen and oxygen atoms in total. The van der Waals surface area contributed by atoms with Crippen LogP contribution in [0.2, 0.25) is 0 Å². The summed E-state index contributed by atoms with van der Waals surface area (Å²) in [7, 11) is 0. The number of carboxylic acid groups (broad SMARTS) is 1. The lowest BCUT2D eigenvalue weighted by Gasteiger charge is -2.32. The van der Waals surface area contributed by atoms with Crippen LogP contribution in [-0.4, -0.2) is 33.0 Å². The summed E-state index contributed by atoms with van der Waals surface area (Å²) in [6.07, 6.45) is 13.0. The number of aromatic nitrogens is 2. The lowest BCUT2D eigenvalue weighted by Crippen LogP contribution is -2.42. The van der Waals surface area contributed by atoms with Crippen LogP contribution in [-0.2, 0) is 11.2 Å². The number of rotatable bonds is 8. The first-order valence-electron chi connectivity index (χ1n) is 13.7. The number of carbonyl (C=O) groups is 2. The average Bonchev–Trinajstić information content (AvgIpc) is 3.26. The summed E-state index contributed by atoms with van der Waals surface area (Å²) in [5.74, 6) is 1.74. The summed E-state index contributed by atoms with van der Waals surface area (Å²) >= 11 is 0. The first-order chi connectivity index (χ1) is 17.3. The summed E-state index contributed by atoms with van der Waals surface area (Å²) in [5, 5.41) is 14.0. The first-order valence-corrected chi connectivity index (χ1v) is 13.7. The molecule has 4 rings (SSSR count). The van der Waals surface area contributed by atoms with E-state index in [1.165, 1.54) is 44.1 Å². The fraction of sp³-hybridized carbons (Fsp3) is 0.621. The molecule has 1 aromatic heterocycles. The van der Waals surface area contributed by atoms with Gasteiger partial charge in [0, 0.05) is 12.0 Å². The van der Waals surface area contributed by atoms with Crippen molar-refractivity contribution in [2.45, 2.75) is 97.4 Å². The van der Waals surface area contributed by atoms with Crippen LogP contribution in [0.3, 0.4) is 0 Å². The third-order valence-electron chi connectivity index (χ3n) is 7.97. The maximum atomic E-state index is 13.6. The van der Waals surface area contributed by atoms with Crippen molar-refractivity contribution >= 4 is 17.9 Å². The quantitative estimate of drug-likeness (QED) is 0.398. The molecule has 2 fully saturated rings. The molecular formula is C29H41N3O4. The fourth-order valence-corrected chi connectivity index (χ4v) is 5.78. The lowest BCUT2D eigenvalue weighted by molar-refractivity contribution is -0.124. The molecule has 0 unspecified atom stereocenters. The van der Waals surface area contributed by atoms with E-state index in [2.05, 4.69) is 24.2 Å². The molecule has 1 N–H and O–H groups in total. The number of ether oxygens (including phenoxy) is 1. The van der Waals surface area contributed by atoms with Gasteiger partial charge in [-0.3, -0.25) is 9.69 Å². The molecular weight excluding hydrogens is 454 g/mol. The van der Waals surface area contributed by atoms with Gasteiger partial charge in [-0.1, -0.05) is 51.2 Å². The van der Waals surface area contributed by atoms with E-state index >= 15 is 0 Å². The number of aryl methyl sites for hydroxylation is 1. The minimum atomic E-state index is -1.42. The van der Waals surface area contributed by atoms with Crippen LogP contribution in [0.4, 0.5) is 10.6 Å². The van der Waals surface area contributed by atoms with Crippen molar-refractivity contribution in [3.63, 3.8) is 0 Å². The van der Waals surface area contributed by atoms with Crippen LogP contribution >= 0.6 is 0 Å². The molecule has 7 heteroatoms. The maximum absolute atomic E-state index is 13.6. The zero-order valence-corrected chi connectivity index (χ0v) is 22.0. The molecule has 1 aromatic carbocycles. The second kappa shape index (κ2) is 11.9. The number of carbonyl (C=O) groups excluding carboxylic acids is 1. The van der Waals surface area contributed by atoms with Gasteiger partial charge in [0.05, 0.1) is 11.9 Å². The van der Waals surface area contributed by atoms with E-state index in [0.29, 0.717) is 5.92 Å². The Kier molecular flexibility index (Phi) is 8.70. The summed E-state index contributed by atoms with van der Waals surface area (Å²) in [6, 6.07) is 8.05. The lowest BCUT2D eigenvalue weighted by atomic mass is 9.82. The van der Waals surface area contributed by atoms with E-state index in [-0.39, 0.29) is 29.4 Å². The topological polar surface area (TPSA) is 84.7 Å². The van der Waals surface area contributed by atoms with Gasteiger partial charge in [-0.15, -0.1) is 5.10 Å². The van der Waals surface area contributed by atoms with Crippen molar-refractivity contribution in [1.82, 2.24) is 9.78 Å². The average molecular weight is 496 g/mol.